The molecule has 4 N–H and O–H groups in total. The maximum Gasteiger partial charge on any atom is 0.311 e. The lowest BCUT2D eigenvalue weighted by Gasteiger charge is -2.39. The molecule has 5 atom stereocenters. The summed E-state index contributed by atoms with van der Waals surface area (Å²) >= 11 is 0. The van der Waals surface area contributed by atoms with Crippen LogP contribution in [0, 0.1) is 29.1 Å². The van der Waals surface area contributed by atoms with Gasteiger partial charge in [0.05, 0.1) is 23.7 Å². The minimum absolute atomic E-state index is 0.0172. The van der Waals surface area contributed by atoms with E-state index < -0.39 is 59.4 Å². The molecule has 2 aliphatic rings. The highest BCUT2D eigenvalue weighted by atomic mass is 16.4. The second-order valence-electron chi connectivity index (χ2n) is 5.51. The Hall–Kier alpha value is -2.12. The van der Waals surface area contributed by atoms with Gasteiger partial charge in [0.1, 0.15) is 0 Å². The average Bonchev–Trinajstić information content (AvgIpc) is 2.83. The van der Waals surface area contributed by atoms with Crippen LogP contribution in [0.25, 0.3) is 0 Å². The summed E-state index contributed by atoms with van der Waals surface area (Å²) in [5.74, 6) is -9.40. The normalized spacial score (nSPS) is 38.6. The quantitative estimate of drug-likeness (QED) is 0.550. The molecular weight excluding hydrogens is 272 g/mol. The Labute approximate surface area is 113 Å². The first kappa shape index (κ1) is 14.3. The van der Waals surface area contributed by atoms with Crippen LogP contribution in [0.3, 0.4) is 0 Å². The van der Waals surface area contributed by atoms with Crippen molar-refractivity contribution in [1.29, 1.82) is 0 Å². The molecule has 0 amide bonds. The van der Waals surface area contributed by atoms with Gasteiger partial charge < -0.3 is 20.4 Å². The number of hydrogen-bond acceptors (Lipinski definition) is 4. The lowest BCUT2D eigenvalue weighted by atomic mass is 9.61. The number of aliphatic carboxylic acids is 4. The topological polar surface area (TPSA) is 149 Å². The van der Waals surface area contributed by atoms with Crippen molar-refractivity contribution in [3.63, 3.8) is 0 Å². The molecule has 0 aromatic carbocycles. The first-order chi connectivity index (χ1) is 9.21. The molecule has 0 saturated heterocycles. The van der Waals surface area contributed by atoms with Gasteiger partial charge in [-0.1, -0.05) is 0 Å². The van der Waals surface area contributed by atoms with Crippen molar-refractivity contribution < 1.29 is 39.6 Å². The average molecular weight is 286 g/mol. The highest BCUT2D eigenvalue weighted by Gasteiger charge is 2.69. The number of hydrogen-bond donors (Lipinski definition) is 4. The summed E-state index contributed by atoms with van der Waals surface area (Å²) in [6.07, 6.45) is -0.649. The summed E-state index contributed by atoms with van der Waals surface area (Å²) in [6.45, 7) is 0. The number of fused-ring (bicyclic) bond motifs is 2. The summed E-state index contributed by atoms with van der Waals surface area (Å²) in [4.78, 5) is 45.0. The third kappa shape index (κ3) is 1.75. The number of carboxylic acid groups (broad SMARTS) is 4. The molecule has 5 unspecified atom stereocenters. The van der Waals surface area contributed by atoms with Crippen LogP contribution in [0.4, 0.5) is 0 Å². The summed E-state index contributed by atoms with van der Waals surface area (Å²) in [5, 5.41) is 36.7. The zero-order valence-corrected chi connectivity index (χ0v) is 10.4. The molecule has 8 heteroatoms. The molecule has 0 aromatic heterocycles. The van der Waals surface area contributed by atoms with Crippen LogP contribution in [0.15, 0.2) is 0 Å². The van der Waals surface area contributed by atoms with Gasteiger partial charge in [0.25, 0.3) is 0 Å². The van der Waals surface area contributed by atoms with Gasteiger partial charge in [-0.3, -0.25) is 19.2 Å². The standard InChI is InChI=1S/C12H14O8/c13-7(14)3-12(11(19)20)4-1-5(8(12)10(17)18)6(2-4)9(15)16/h4-6,8H,1-3H2,(H,13,14)(H,15,16)(H,17,18)(H,19,20). The van der Waals surface area contributed by atoms with E-state index in [4.69, 9.17) is 10.2 Å². The molecule has 0 radical (unpaired) electrons. The predicted molar refractivity (Wildman–Crippen MR) is 60.8 cm³/mol. The van der Waals surface area contributed by atoms with Crippen molar-refractivity contribution in [3.8, 4) is 0 Å². The van der Waals surface area contributed by atoms with Gasteiger partial charge in [-0.2, -0.15) is 0 Å². The van der Waals surface area contributed by atoms with E-state index in [0.717, 1.165) is 0 Å². The van der Waals surface area contributed by atoms with E-state index in [2.05, 4.69) is 0 Å². The minimum Gasteiger partial charge on any atom is -0.481 e. The molecule has 8 nitrogen and oxygen atoms in total. The van der Waals surface area contributed by atoms with Crippen molar-refractivity contribution in [2.75, 3.05) is 0 Å². The van der Waals surface area contributed by atoms with Gasteiger partial charge in [0.15, 0.2) is 0 Å². The third-order valence-electron chi connectivity index (χ3n) is 4.75. The number of carbonyl (C=O) groups is 4. The Kier molecular flexibility index (Phi) is 3.19. The molecule has 110 valence electrons. The Morgan fingerprint density at radius 1 is 0.950 bits per heavy atom. The van der Waals surface area contributed by atoms with Crippen LogP contribution >= 0.6 is 0 Å². The fraction of sp³-hybridized carbons (Fsp3) is 0.667. The van der Waals surface area contributed by atoms with Crippen molar-refractivity contribution in [1.82, 2.24) is 0 Å². The van der Waals surface area contributed by atoms with Gasteiger partial charge in [-0.25, -0.2) is 0 Å². The van der Waals surface area contributed by atoms with Gasteiger partial charge in [0.2, 0.25) is 0 Å². The maximum absolute atomic E-state index is 11.6. The predicted octanol–water partition coefficient (Wildman–Crippen LogP) is -0.0265. The van der Waals surface area contributed by atoms with Gasteiger partial charge in [0, 0.05) is 0 Å². The molecule has 0 aromatic rings. The fourth-order valence-electron chi connectivity index (χ4n) is 4.07. The number of rotatable bonds is 5. The van der Waals surface area contributed by atoms with E-state index in [-0.39, 0.29) is 12.8 Å². The van der Waals surface area contributed by atoms with Gasteiger partial charge in [-0.05, 0) is 24.7 Å². The maximum atomic E-state index is 11.6. The van der Waals surface area contributed by atoms with E-state index in [1.165, 1.54) is 0 Å². The van der Waals surface area contributed by atoms with Crippen molar-refractivity contribution in [3.05, 3.63) is 0 Å². The second kappa shape index (κ2) is 4.46. The Morgan fingerprint density at radius 2 is 1.55 bits per heavy atom. The molecule has 0 spiro atoms. The van der Waals surface area contributed by atoms with Crippen molar-refractivity contribution >= 4 is 23.9 Å². The number of carboxylic acids is 4. The lowest BCUT2D eigenvalue weighted by molar-refractivity contribution is -0.175. The highest BCUT2D eigenvalue weighted by Crippen LogP contribution is 2.63. The van der Waals surface area contributed by atoms with Crippen LogP contribution in [0.1, 0.15) is 19.3 Å². The fourth-order valence-corrected chi connectivity index (χ4v) is 4.07. The molecule has 2 bridgehead atoms. The van der Waals surface area contributed by atoms with Crippen LogP contribution in [0.5, 0.6) is 0 Å². The first-order valence-electron chi connectivity index (χ1n) is 6.12. The lowest BCUT2D eigenvalue weighted by Crippen LogP contribution is -2.51. The summed E-state index contributed by atoms with van der Waals surface area (Å²) < 4.78 is 0. The molecule has 2 fully saturated rings. The van der Waals surface area contributed by atoms with Crippen LogP contribution in [-0.2, 0) is 19.2 Å². The van der Waals surface area contributed by atoms with E-state index in [1.807, 2.05) is 0 Å². The smallest absolute Gasteiger partial charge is 0.311 e. The van der Waals surface area contributed by atoms with Crippen molar-refractivity contribution in [2.24, 2.45) is 29.1 Å². The van der Waals surface area contributed by atoms with Crippen LogP contribution < -0.4 is 0 Å². The summed E-state index contributed by atoms with van der Waals surface area (Å²) in [5.41, 5.74) is -1.91. The van der Waals surface area contributed by atoms with E-state index >= 15 is 0 Å². The SMILES string of the molecule is O=C(O)CC1(C(=O)O)C2CC(C(=O)O)C(C2)C1C(=O)O. The highest BCUT2D eigenvalue weighted by molar-refractivity contribution is 5.90. The molecule has 2 aliphatic carbocycles. The molecular formula is C12H14O8. The second-order valence-corrected chi connectivity index (χ2v) is 5.51. The summed E-state index contributed by atoms with van der Waals surface area (Å²) in [6, 6.07) is 0. The monoisotopic (exact) mass is 286 g/mol. The molecule has 0 aliphatic heterocycles. The van der Waals surface area contributed by atoms with E-state index in [1.54, 1.807) is 0 Å². The zero-order chi connectivity index (χ0) is 15.2. The molecule has 2 saturated carbocycles. The Balaban J connectivity index is 2.48. The van der Waals surface area contributed by atoms with E-state index in [0.29, 0.717) is 0 Å². The van der Waals surface area contributed by atoms with Crippen molar-refractivity contribution in [2.45, 2.75) is 19.3 Å². The molecule has 2 rings (SSSR count). The molecule has 0 heterocycles. The third-order valence-corrected chi connectivity index (χ3v) is 4.75. The minimum atomic E-state index is -1.91. The van der Waals surface area contributed by atoms with E-state index in [9.17, 15) is 29.4 Å². The van der Waals surface area contributed by atoms with Crippen LogP contribution in [0.2, 0.25) is 0 Å². The van der Waals surface area contributed by atoms with Crippen LogP contribution in [-0.4, -0.2) is 44.3 Å². The van der Waals surface area contributed by atoms with Gasteiger partial charge >= 0.3 is 23.9 Å². The van der Waals surface area contributed by atoms with Gasteiger partial charge in [-0.15, -0.1) is 0 Å². The zero-order valence-electron chi connectivity index (χ0n) is 10.4. The molecule has 20 heavy (non-hydrogen) atoms. The summed E-state index contributed by atoms with van der Waals surface area (Å²) in [7, 11) is 0. The largest absolute Gasteiger partial charge is 0.481 e. The Morgan fingerprint density at radius 3 is 1.95 bits per heavy atom. The first-order valence-corrected chi connectivity index (χ1v) is 6.12. The Bertz CT molecular complexity index is 498.